The van der Waals surface area contributed by atoms with Gasteiger partial charge in [0.2, 0.25) is 11.6 Å². The van der Waals surface area contributed by atoms with Crippen molar-refractivity contribution in [2.24, 2.45) is 0 Å². The Labute approximate surface area is 201 Å². The molecule has 2 aromatic carbocycles. The summed E-state index contributed by atoms with van der Waals surface area (Å²) in [6.45, 7) is 1.88. The summed E-state index contributed by atoms with van der Waals surface area (Å²) in [6, 6.07) is 13.2. The Kier molecular flexibility index (Phi) is 6.96. The molecule has 0 aliphatic rings. The van der Waals surface area contributed by atoms with Gasteiger partial charge in [0.25, 0.3) is 0 Å². The van der Waals surface area contributed by atoms with Gasteiger partial charge in [-0.2, -0.15) is 0 Å². The number of aromatic nitrogens is 4. The number of rotatable bonds is 8. The van der Waals surface area contributed by atoms with E-state index in [1.165, 1.54) is 21.3 Å². The number of carbonyl (C=O) groups excluding carboxylic acids is 1. The van der Waals surface area contributed by atoms with Crippen molar-refractivity contribution < 1.29 is 23.7 Å². The first kappa shape index (κ1) is 23.4. The van der Waals surface area contributed by atoms with Crippen LogP contribution < -0.4 is 29.6 Å². The monoisotopic (exact) mass is 476 g/mol. The highest BCUT2D eigenvalue weighted by molar-refractivity contribution is 6.00. The predicted molar refractivity (Wildman–Crippen MR) is 129 cm³/mol. The zero-order chi connectivity index (χ0) is 24.8. The van der Waals surface area contributed by atoms with E-state index in [1.54, 1.807) is 54.7 Å². The van der Waals surface area contributed by atoms with Gasteiger partial charge in [0.05, 0.1) is 27.0 Å². The molecule has 2 heterocycles. The van der Waals surface area contributed by atoms with E-state index < -0.39 is 6.03 Å². The fourth-order valence-electron chi connectivity index (χ4n) is 3.29. The van der Waals surface area contributed by atoms with Gasteiger partial charge in [0, 0.05) is 36.3 Å². The van der Waals surface area contributed by atoms with E-state index in [4.69, 9.17) is 18.9 Å². The first-order valence-corrected chi connectivity index (χ1v) is 10.5. The highest BCUT2D eigenvalue weighted by atomic mass is 16.5. The number of urea groups is 1. The molecule has 2 aromatic heterocycles. The minimum absolute atomic E-state index is 0.340. The van der Waals surface area contributed by atoms with Crippen LogP contribution in [0.4, 0.5) is 16.2 Å². The summed E-state index contributed by atoms with van der Waals surface area (Å²) in [5, 5.41) is 13.8. The number of benzene rings is 2. The molecule has 4 rings (SSSR count). The molecular weight excluding hydrogens is 452 g/mol. The standard InChI is InChI=1S/C24H24N6O5/c1-15-25-11-12-30(15)21-9-10-22(29-28-21)35-18-7-5-16(6-8-18)26-24(31)27-17-13-19(32-2)23(34-4)20(14-17)33-3/h5-14H,1-4H3,(H2,26,27,31). The lowest BCUT2D eigenvalue weighted by Gasteiger charge is -2.15. The molecule has 0 aliphatic carbocycles. The van der Waals surface area contributed by atoms with Crippen LogP contribution in [0.1, 0.15) is 5.82 Å². The lowest BCUT2D eigenvalue weighted by Crippen LogP contribution is -2.19. The third-order valence-corrected chi connectivity index (χ3v) is 4.96. The van der Waals surface area contributed by atoms with Gasteiger partial charge in [0.1, 0.15) is 11.6 Å². The van der Waals surface area contributed by atoms with Gasteiger partial charge in [0.15, 0.2) is 17.3 Å². The highest BCUT2D eigenvalue weighted by Crippen LogP contribution is 2.40. The van der Waals surface area contributed by atoms with Crippen molar-refractivity contribution in [1.82, 2.24) is 19.7 Å². The molecule has 0 spiro atoms. The zero-order valence-electron chi connectivity index (χ0n) is 19.6. The summed E-state index contributed by atoms with van der Waals surface area (Å²) in [7, 11) is 4.52. The fraction of sp³-hybridized carbons (Fsp3) is 0.167. The molecule has 11 heteroatoms. The normalized spacial score (nSPS) is 10.4. The molecule has 0 fully saturated rings. The summed E-state index contributed by atoms with van der Waals surface area (Å²) in [4.78, 5) is 16.6. The number of methoxy groups -OCH3 is 3. The van der Waals surface area contributed by atoms with Crippen molar-refractivity contribution in [1.29, 1.82) is 0 Å². The van der Waals surface area contributed by atoms with Crippen LogP contribution >= 0.6 is 0 Å². The first-order chi connectivity index (χ1) is 17.0. The van der Waals surface area contributed by atoms with Gasteiger partial charge in [-0.05, 0) is 37.3 Å². The molecule has 180 valence electrons. The van der Waals surface area contributed by atoms with Gasteiger partial charge >= 0.3 is 6.03 Å². The molecule has 0 saturated carbocycles. The largest absolute Gasteiger partial charge is 0.493 e. The SMILES string of the molecule is COc1cc(NC(=O)Nc2ccc(Oc3ccc(-n4ccnc4C)nn3)cc2)cc(OC)c1OC. The van der Waals surface area contributed by atoms with E-state index in [9.17, 15) is 4.79 Å². The molecule has 0 unspecified atom stereocenters. The van der Waals surface area contributed by atoms with E-state index in [2.05, 4.69) is 25.8 Å². The smallest absolute Gasteiger partial charge is 0.323 e. The van der Waals surface area contributed by atoms with Gasteiger partial charge in [-0.15, -0.1) is 10.2 Å². The van der Waals surface area contributed by atoms with Gasteiger partial charge in [-0.1, -0.05) is 0 Å². The van der Waals surface area contributed by atoms with E-state index in [1.807, 2.05) is 17.7 Å². The molecule has 0 aliphatic heterocycles. The Hall–Kier alpha value is -4.80. The Morgan fingerprint density at radius 1 is 0.857 bits per heavy atom. The first-order valence-electron chi connectivity index (χ1n) is 10.5. The van der Waals surface area contributed by atoms with Crippen molar-refractivity contribution in [3.63, 3.8) is 0 Å². The summed E-state index contributed by atoms with van der Waals surface area (Å²) in [5.74, 6) is 3.64. The van der Waals surface area contributed by atoms with E-state index in [-0.39, 0.29) is 0 Å². The number of hydrogen-bond acceptors (Lipinski definition) is 8. The number of aryl methyl sites for hydroxylation is 1. The number of imidazole rings is 1. The van der Waals surface area contributed by atoms with Gasteiger partial charge in [-0.25, -0.2) is 9.78 Å². The van der Waals surface area contributed by atoms with Crippen molar-refractivity contribution in [2.45, 2.75) is 6.92 Å². The van der Waals surface area contributed by atoms with Gasteiger partial charge < -0.3 is 29.6 Å². The molecule has 0 bridgehead atoms. The van der Waals surface area contributed by atoms with Crippen molar-refractivity contribution >= 4 is 17.4 Å². The molecule has 2 N–H and O–H groups in total. The van der Waals surface area contributed by atoms with Crippen LogP contribution in [-0.4, -0.2) is 47.1 Å². The molecule has 35 heavy (non-hydrogen) atoms. The number of amides is 2. The van der Waals surface area contributed by atoms with E-state index in [0.717, 1.165) is 5.82 Å². The maximum absolute atomic E-state index is 12.5. The Morgan fingerprint density at radius 2 is 1.54 bits per heavy atom. The molecule has 0 atom stereocenters. The third kappa shape index (κ3) is 5.41. The van der Waals surface area contributed by atoms with Crippen LogP contribution in [0.25, 0.3) is 5.82 Å². The number of ether oxygens (including phenoxy) is 4. The Morgan fingerprint density at radius 3 is 2.09 bits per heavy atom. The highest BCUT2D eigenvalue weighted by Gasteiger charge is 2.14. The van der Waals surface area contributed by atoms with Crippen LogP contribution in [0, 0.1) is 6.92 Å². The molecule has 4 aromatic rings. The van der Waals surface area contributed by atoms with Crippen LogP contribution in [0.3, 0.4) is 0 Å². The molecular formula is C24H24N6O5. The van der Waals surface area contributed by atoms with Crippen LogP contribution in [0.2, 0.25) is 0 Å². The molecule has 2 amide bonds. The number of carbonyl (C=O) groups is 1. The van der Waals surface area contributed by atoms with Gasteiger partial charge in [-0.3, -0.25) is 4.57 Å². The summed E-state index contributed by atoms with van der Waals surface area (Å²) >= 11 is 0. The van der Waals surface area contributed by atoms with E-state index in [0.29, 0.717) is 46.1 Å². The second-order valence-electron chi connectivity index (χ2n) is 7.19. The maximum Gasteiger partial charge on any atom is 0.323 e. The minimum atomic E-state index is -0.441. The Bertz CT molecular complexity index is 1280. The molecule has 0 saturated heterocycles. The lowest BCUT2D eigenvalue weighted by atomic mass is 10.2. The average Bonchev–Trinajstić information content (AvgIpc) is 3.30. The molecule has 11 nitrogen and oxygen atoms in total. The quantitative estimate of drug-likeness (QED) is 0.383. The summed E-state index contributed by atoms with van der Waals surface area (Å²) in [6.07, 6.45) is 3.51. The topological polar surface area (TPSA) is 122 Å². The predicted octanol–water partition coefficient (Wildman–Crippen LogP) is 4.43. The average molecular weight is 476 g/mol. The van der Waals surface area contributed by atoms with Crippen molar-refractivity contribution in [3.05, 3.63) is 66.7 Å². The zero-order valence-corrected chi connectivity index (χ0v) is 19.6. The summed E-state index contributed by atoms with van der Waals surface area (Å²) < 4.78 is 23.5. The van der Waals surface area contributed by atoms with Crippen LogP contribution in [-0.2, 0) is 0 Å². The number of nitrogens with one attached hydrogen (secondary N) is 2. The van der Waals surface area contributed by atoms with E-state index >= 15 is 0 Å². The Balaban J connectivity index is 1.37. The second-order valence-corrected chi connectivity index (χ2v) is 7.19. The lowest BCUT2D eigenvalue weighted by molar-refractivity contribution is 0.262. The minimum Gasteiger partial charge on any atom is -0.493 e. The van der Waals surface area contributed by atoms with Crippen molar-refractivity contribution in [3.8, 4) is 34.7 Å². The summed E-state index contributed by atoms with van der Waals surface area (Å²) in [5.41, 5.74) is 1.05. The number of anilines is 2. The fourth-order valence-corrected chi connectivity index (χ4v) is 3.29. The molecule has 0 radical (unpaired) electrons. The second kappa shape index (κ2) is 10.4. The maximum atomic E-state index is 12.5. The van der Waals surface area contributed by atoms with Crippen LogP contribution in [0.5, 0.6) is 28.9 Å². The number of hydrogen-bond donors (Lipinski definition) is 2. The van der Waals surface area contributed by atoms with Crippen molar-refractivity contribution in [2.75, 3.05) is 32.0 Å². The third-order valence-electron chi connectivity index (χ3n) is 4.96. The number of nitrogens with zero attached hydrogens (tertiary/aromatic N) is 4. The van der Waals surface area contributed by atoms with Crippen LogP contribution in [0.15, 0.2) is 60.9 Å².